The van der Waals surface area contributed by atoms with Crippen LogP contribution in [0, 0.1) is 5.82 Å². The summed E-state index contributed by atoms with van der Waals surface area (Å²) in [7, 11) is 1.59. The van der Waals surface area contributed by atoms with Gasteiger partial charge in [0.25, 0.3) is 0 Å². The number of benzene rings is 1. The van der Waals surface area contributed by atoms with Crippen molar-refractivity contribution in [1.82, 2.24) is 0 Å². The van der Waals surface area contributed by atoms with Gasteiger partial charge in [-0.25, -0.2) is 4.39 Å². The Hall–Kier alpha value is -1.13. The molecule has 0 aliphatic carbocycles. The number of halogens is 1. The van der Waals surface area contributed by atoms with E-state index in [4.69, 9.17) is 9.47 Å². The van der Waals surface area contributed by atoms with Gasteiger partial charge in [-0.15, -0.1) is 0 Å². The molecule has 2 atom stereocenters. The molecule has 3 nitrogen and oxygen atoms in total. The summed E-state index contributed by atoms with van der Waals surface area (Å²) in [5, 5.41) is 9.25. The van der Waals surface area contributed by atoms with Gasteiger partial charge in [-0.05, 0) is 26.0 Å². The van der Waals surface area contributed by atoms with Gasteiger partial charge in [-0.1, -0.05) is 0 Å². The van der Waals surface area contributed by atoms with E-state index in [1.54, 1.807) is 13.2 Å². The number of hydrogen-bond acceptors (Lipinski definition) is 3. The lowest BCUT2D eigenvalue weighted by molar-refractivity contribution is 0.0715. The van der Waals surface area contributed by atoms with Crippen LogP contribution in [0.4, 0.5) is 4.39 Å². The lowest BCUT2D eigenvalue weighted by Crippen LogP contribution is -2.16. The third kappa shape index (κ3) is 3.47. The Morgan fingerprint density at radius 2 is 2.06 bits per heavy atom. The zero-order chi connectivity index (χ0) is 12.1. The molecule has 90 valence electrons. The van der Waals surface area contributed by atoms with E-state index in [-0.39, 0.29) is 11.7 Å². The zero-order valence-corrected chi connectivity index (χ0v) is 9.74. The summed E-state index contributed by atoms with van der Waals surface area (Å²) in [5.74, 6) is -0.0247. The molecule has 0 saturated heterocycles. The first-order chi connectivity index (χ1) is 7.54. The number of aliphatic hydroxyl groups excluding tert-OH is 1. The Morgan fingerprint density at radius 3 is 2.56 bits per heavy atom. The van der Waals surface area contributed by atoms with Crippen molar-refractivity contribution >= 4 is 0 Å². The van der Waals surface area contributed by atoms with Gasteiger partial charge in [-0.3, -0.25) is 0 Å². The minimum Gasteiger partial charge on any atom is -0.491 e. The molecule has 0 fully saturated rings. The first-order valence-electron chi connectivity index (χ1n) is 5.17. The van der Waals surface area contributed by atoms with Crippen LogP contribution in [-0.4, -0.2) is 24.9 Å². The Labute approximate surface area is 94.8 Å². The third-order valence-electron chi connectivity index (χ3n) is 2.31. The maximum Gasteiger partial charge on any atom is 0.132 e. The Balaban J connectivity index is 2.66. The zero-order valence-electron chi connectivity index (χ0n) is 9.74. The van der Waals surface area contributed by atoms with Crippen LogP contribution in [-0.2, 0) is 4.74 Å². The van der Waals surface area contributed by atoms with Crippen molar-refractivity contribution in [2.45, 2.75) is 26.1 Å². The molecule has 0 aromatic heterocycles. The summed E-state index contributed by atoms with van der Waals surface area (Å²) in [4.78, 5) is 0. The number of methoxy groups -OCH3 is 1. The van der Waals surface area contributed by atoms with Crippen LogP contribution in [0.15, 0.2) is 18.2 Å². The van der Waals surface area contributed by atoms with Gasteiger partial charge >= 0.3 is 0 Å². The van der Waals surface area contributed by atoms with Crippen molar-refractivity contribution in [1.29, 1.82) is 0 Å². The fourth-order valence-electron chi connectivity index (χ4n) is 1.22. The van der Waals surface area contributed by atoms with Crippen molar-refractivity contribution in [3.05, 3.63) is 29.6 Å². The molecule has 0 spiro atoms. The van der Waals surface area contributed by atoms with Crippen molar-refractivity contribution in [2.75, 3.05) is 13.7 Å². The number of hydrogen-bond donors (Lipinski definition) is 1. The van der Waals surface area contributed by atoms with Crippen molar-refractivity contribution in [2.24, 2.45) is 0 Å². The van der Waals surface area contributed by atoms with E-state index in [9.17, 15) is 9.50 Å². The van der Waals surface area contributed by atoms with Crippen molar-refractivity contribution < 1.29 is 19.0 Å². The standard InChI is InChI=1S/C12H17FO3/c1-8(15-3)7-16-10-4-5-11(9(2)14)12(13)6-10/h4-6,8-9,14H,7H2,1-3H3/t8?,9-/m1/s1. The summed E-state index contributed by atoms with van der Waals surface area (Å²) in [6, 6.07) is 4.42. The highest BCUT2D eigenvalue weighted by Crippen LogP contribution is 2.21. The van der Waals surface area contributed by atoms with Crippen molar-refractivity contribution in [3.63, 3.8) is 0 Å². The van der Waals surface area contributed by atoms with Gasteiger partial charge in [-0.2, -0.15) is 0 Å². The smallest absolute Gasteiger partial charge is 0.132 e. The maximum absolute atomic E-state index is 13.4. The van der Waals surface area contributed by atoms with E-state index in [1.165, 1.54) is 19.1 Å². The molecule has 0 amide bonds. The lowest BCUT2D eigenvalue weighted by Gasteiger charge is -2.13. The Kier molecular flexibility index (Phi) is 4.71. The first kappa shape index (κ1) is 12.9. The van der Waals surface area contributed by atoms with Gasteiger partial charge in [0.05, 0.1) is 12.2 Å². The van der Waals surface area contributed by atoms with Gasteiger partial charge < -0.3 is 14.6 Å². The highest BCUT2D eigenvalue weighted by Gasteiger charge is 2.09. The fraction of sp³-hybridized carbons (Fsp3) is 0.500. The molecule has 0 radical (unpaired) electrons. The lowest BCUT2D eigenvalue weighted by atomic mass is 10.1. The number of aliphatic hydroxyl groups is 1. The minimum absolute atomic E-state index is 0.0421. The fourth-order valence-corrected chi connectivity index (χ4v) is 1.22. The normalized spacial score (nSPS) is 14.6. The number of rotatable bonds is 5. The summed E-state index contributed by atoms with van der Waals surface area (Å²) in [6.45, 7) is 3.75. The molecule has 0 bridgehead atoms. The molecule has 1 aromatic rings. The molecule has 0 heterocycles. The van der Waals surface area contributed by atoms with Crippen LogP contribution < -0.4 is 4.74 Å². The highest BCUT2D eigenvalue weighted by molar-refractivity contribution is 5.30. The van der Waals surface area contributed by atoms with E-state index >= 15 is 0 Å². The third-order valence-corrected chi connectivity index (χ3v) is 2.31. The quantitative estimate of drug-likeness (QED) is 0.840. The molecule has 16 heavy (non-hydrogen) atoms. The predicted octanol–water partition coefficient (Wildman–Crippen LogP) is 2.29. The largest absolute Gasteiger partial charge is 0.491 e. The van der Waals surface area contributed by atoms with Crippen LogP contribution in [0.1, 0.15) is 25.5 Å². The van der Waals surface area contributed by atoms with E-state index in [1.807, 2.05) is 6.92 Å². The van der Waals surface area contributed by atoms with E-state index in [2.05, 4.69) is 0 Å². The van der Waals surface area contributed by atoms with Gasteiger partial charge in [0.2, 0.25) is 0 Å². The summed E-state index contributed by atoms with van der Waals surface area (Å²) >= 11 is 0. The van der Waals surface area contributed by atoms with Crippen LogP contribution >= 0.6 is 0 Å². The second kappa shape index (κ2) is 5.82. The molecular formula is C12H17FO3. The summed E-state index contributed by atoms with van der Waals surface area (Å²) < 4.78 is 23.8. The topological polar surface area (TPSA) is 38.7 Å². The summed E-state index contributed by atoms with van der Waals surface area (Å²) in [6.07, 6.45) is -0.855. The first-order valence-corrected chi connectivity index (χ1v) is 5.17. The predicted molar refractivity (Wildman–Crippen MR) is 59.0 cm³/mol. The maximum atomic E-state index is 13.4. The molecule has 4 heteroatoms. The highest BCUT2D eigenvalue weighted by atomic mass is 19.1. The van der Waals surface area contributed by atoms with E-state index in [0.717, 1.165) is 0 Å². The SMILES string of the molecule is COC(C)COc1ccc([C@@H](C)O)c(F)c1. The average Bonchev–Trinajstić information content (AvgIpc) is 2.25. The monoisotopic (exact) mass is 228 g/mol. The second-order valence-corrected chi connectivity index (χ2v) is 3.72. The number of ether oxygens (including phenoxy) is 2. The molecule has 0 aliphatic heterocycles. The van der Waals surface area contributed by atoms with Crippen LogP contribution in [0.2, 0.25) is 0 Å². The van der Waals surface area contributed by atoms with Crippen LogP contribution in [0.3, 0.4) is 0 Å². The van der Waals surface area contributed by atoms with Crippen LogP contribution in [0.5, 0.6) is 5.75 Å². The molecular weight excluding hydrogens is 211 g/mol. The molecule has 1 N–H and O–H groups in total. The van der Waals surface area contributed by atoms with E-state index < -0.39 is 11.9 Å². The van der Waals surface area contributed by atoms with Gasteiger partial charge in [0.1, 0.15) is 18.2 Å². The molecule has 1 rings (SSSR count). The van der Waals surface area contributed by atoms with Gasteiger partial charge in [0, 0.05) is 18.7 Å². The Bertz CT molecular complexity index is 339. The molecule has 0 saturated carbocycles. The van der Waals surface area contributed by atoms with Crippen LogP contribution in [0.25, 0.3) is 0 Å². The summed E-state index contributed by atoms with van der Waals surface area (Å²) in [5.41, 5.74) is 0.270. The minimum atomic E-state index is -0.813. The molecule has 1 unspecified atom stereocenters. The second-order valence-electron chi connectivity index (χ2n) is 3.72. The van der Waals surface area contributed by atoms with Crippen molar-refractivity contribution in [3.8, 4) is 5.75 Å². The molecule has 1 aromatic carbocycles. The average molecular weight is 228 g/mol. The molecule has 0 aliphatic rings. The Morgan fingerprint density at radius 1 is 1.38 bits per heavy atom. The van der Waals surface area contributed by atoms with Gasteiger partial charge in [0.15, 0.2) is 0 Å². The van der Waals surface area contributed by atoms with E-state index in [0.29, 0.717) is 12.4 Å².